The number of methoxy groups -OCH3 is 1. The van der Waals surface area contributed by atoms with Gasteiger partial charge in [0.05, 0.1) is 13.7 Å². The molecule has 6 nitrogen and oxygen atoms in total. The maximum atomic E-state index is 12.1. The molecule has 2 rings (SSSR count). The highest BCUT2D eigenvalue weighted by Gasteiger charge is 2.27. The molecule has 2 aromatic rings. The van der Waals surface area contributed by atoms with Crippen LogP contribution in [0.4, 0.5) is 0 Å². The van der Waals surface area contributed by atoms with Gasteiger partial charge in [-0.2, -0.15) is 0 Å². The third kappa shape index (κ3) is 5.25. The number of benzene rings is 2. The number of hydrogen-bond donors (Lipinski definition) is 2. The molecular formula is C22H26O6. The van der Waals surface area contributed by atoms with Gasteiger partial charge in [0.1, 0.15) is 28.9 Å². The van der Waals surface area contributed by atoms with Crippen molar-refractivity contribution < 1.29 is 29.3 Å². The third-order valence-corrected chi connectivity index (χ3v) is 4.71. The topological polar surface area (TPSA) is 93.1 Å². The van der Waals surface area contributed by atoms with Gasteiger partial charge in [0, 0.05) is 17.5 Å². The van der Waals surface area contributed by atoms with Crippen LogP contribution in [0, 0.1) is 5.92 Å². The number of phenolic OH excluding ortho intramolecular Hbond substituents is 2. The molecule has 0 bridgehead atoms. The van der Waals surface area contributed by atoms with E-state index in [0.717, 1.165) is 5.56 Å². The van der Waals surface area contributed by atoms with E-state index in [9.17, 15) is 19.8 Å². The standard InChI is InChI=1S/C22H26O6/c1-4-28-22(26)18(14(2)23)11-12-19(15-5-8-17(27-3)9-6-15)20-10-7-16(24)13-21(20)25/h5-10,13,18-19,24-25H,4,11-12H2,1-3H3. The zero-order valence-corrected chi connectivity index (χ0v) is 16.3. The van der Waals surface area contributed by atoms with E-state index in [1.54, 1.807) is 20.1 Å². The number of carbonyl (C=O) groups is 2. The van der Waals surface area contributed by atoms with Crippen LogP contribution in [0.15, 0.2) is 42.5 Å². The minimum atomic E-state index is -0.847. The van der Waals surface area contributed by atoms with E-state index in [0.29, 0.717) is 17.7 Å². The SMILES string of the molecule is CCOC(=O)C(CCC(c1ccc(OC)cc1)c1ccc(O)cc1O)C(C)=O. The number of ketones is 1. The molecule has 2 atom stereocenters. The Balaban J connectivity index is 2.34. The molecule has 0 heterocycles. The fourth-order valence-electron chi connectivity index (χ4n) is 3.23. The van der Waals surface area contributed by atoms with Crippen LogP contribution < -0.4 is 4.74 Å². The van der Waals surface area contributed by atoms with Gasteiger partial charge in [-0.1, -0.05) is 18.2 Å². The molecule has 0 spiro atoms. The molecule has 0 fully saturated rings. The second-order valence-corrected chi connectivity index (χ2v) is 6.56. The lowest BCUT2D eigenvalue weighted by Crippen LogP contribution is -2.25. The van der Waals surface area contributed by atoms with E-state index in [1.165, 1.54) is 19.1 Å². The van der Waals surface area contributed by atoms with Crippen LogP contribution in [0.1, 0.15) is 43.7 Å². The average Bonchev–Trinajstić information content (AvgIpc) is 2.66. The van der Waals surface area contributed by atoms with Crippen molar-refractivity contribution in [2.45, 2.75) is 32.6 Å². The Labute approximate surface area is 164 Å². The first-order chi connectivity index (χ1) is 13.4. The molecule has 0 saturated carbocycles. The lowest BCUT2D eigenvalue weighted by Gasteiger charge is -2.21. The van der Waals surface area contributed by atoms with Crippen molar-refractivity contribution in [3.63, 3.8) is 0 Å². The van der Waals surface area contributed by atoms with Gasteiger partial charge in [-0.05, 0) is 50.5 Å². The predicted molar refractivity (Wildman–Crippen MR) is 105 cm³/mol. The van der Waals surface area contributed by atoms with Crippen LogP contribution >= 0.6 is 0 Å². The smallest absolute Gasteiger partial charge is 0.316 e. The number of aromatic hydroxyl groups is 2. The summed E-state index contributed by atoms with van der Waals surface area (Å²) < 4.78 is 10.2. The minimum Gasteiger partial charge on any atom is -0.508 e. The highest BCUT2D eigenvalue weighted by Crippen LogP contribution is 2.38. The molecule has 150 valence electrons. The maximum Gasteiger partial charge on any atom is 0.316 e. The summed E-state index contributed by atoms with van der Waals surface area (Å²) >= 11 is 0. The third-order valence-electron chi connectivity index (χ3n) is 4.71. The molecule has 0 saturated heterocycles. The normalized spacial score (nSPS) is 12.8. The molecule has 0 aromatic heterocycles. The predicted octanol–water partition coefficient (Wildman–Crippen LogP) is 3.79. The largest absolute Gasteiger partial charge is 0.508 e. The van der Waals surface area contributed by atoms with Crippen molar-refractivity contribution in [3.05, 3.63) is 53.6 Å². The second-order valence-electron chi connectivity index (χ2n) is 6.56. The van der Waals surface area contributed by atoms with Crippen molar-refractivity contribution in [3.8, 4) is 17.2 Å². The molecule has 0 amide bonds. The number of ether oxygens (including phenoxy) is 2. The summed E-state index contributed by atoms with van der Waals surface area (Å²) in [4.78, 5) is 24.1. The summed E-state index contributed by atoms with van der Waals surface area (Å²) in [6.07, 6.45) is 0.721. The highest BCUT2D eigenvalue weighted by atomic mass is 16.5. The number of rotatable bonds is 9. The molecule has 2 unspecified atom stereocenters. The molecule has 6 heteroatoms. The first-order valence-corrected chi connectivity index (χ1v) is 9.20. The van der Waals surface area contributed by atoms with Crippen molar-refractivity contribution in [2.75, 3.05) is 13.7 Å². The summed E-state index contributed by atoms with van der Waals surface area (Å²) in [7, 11) is 1.58. The van der Waals surface area contributed by atoms with Crippen LogP contribution in [0.25, 0.3) is 0 Å². The molecule has 0 aliphatic carbocycles. The van der Waals surface area contributed by atoms with Gasteiger partial charge in [-0.15, -0.1) is 0 Å². The molecule has 0 radical (unpaired) electrons. The lowest BCUT2D eigenvalue weighted by molar-refractivity contribution is -0.151. The Morgan fingerprint density at radius 1 is 1.04 bits per heavy atom. The van der Waals surface area contributed by atoms with Gasteiger partial charge in [-0.3, -0.25) is 9.59 Å². The Morgan fingerprint density at radius 3 is 2.25 bits per heavy atom. The van der Waals surface area contributed by atoms with Crippen molar-refractivity contribution in [1.29, 1.82) is 0 Å². The first-order valence-electron chi connectivity index (χ1n) is 9.20. The van der Waals surface area contributed by atoms with E-state index in [-0.39, 0.29) is 36.2 Å². The molecule has 0 aliphatic rings. The van der Waals surface area contributed by atoms with Gasteiger partial charge < -0.3 is 19.7 Å². The number of phenols is 2. The van der Waals surface area contributed by atoms with Crippen LogP contribution in [0.5, 0.6) is 17.2 Å². The van der Waals surface area contributed by atoms with Gasteiger partial charge in [0.15, 0.2) is 0 Å². The van der Waals surface area contributed by atoms with Crippen LogP contribution in [-0.2, 0) is 14.3 Å². The zero-order valence-electron chi connectivity index (χ0n) is 16.3. The fourth-order valence-corrected chi connectivity index (χ4v) is 3.23. The summed E-state index contributed by atoms with van der Waals surface area (Å²) in [5.74, 6) is -1.28. The van der Waals surface area contributed by atoms with E-state index in [2.05, 4.69) is 0 Å². The van der Waals surface area contributed by atoms with Crippen LogP contribution in [0.3, 0.4) is 0 Å². The number of esters is 1. The van der Waals surface area contributed by atoms with E-state index < -0.39 is 11.9 Å². The number of carbonyl (C=O) groups excluding carboxylic acids is 2. The first kappa shape index (κ1) is 21.3. The second kappa shape index (κ2) is 9.78. The molecular weight excluding hydrogens is 360 g/mol. The minimum absolute atomic E-state index is 0.0390. The quantitative estimate of drug-likeness (QED) is 0.503. The van der Waals surface area contributed by atoms with Gasteiger partial charge >= 0.3 is 5.97 Å². The summed E-state index contributed by atoms with van der Waals surface area (Å²) in [5, 5.41) is 19.9. The molecule has 28 heavy (non-hydrogen) atoms. The molecule has 2 N–H and O–H groups in total. The average molecular weight is 386 g/mol. The van der Waals surface area contributed by atoms with Gasteiger partial charge in [0.2, 0.25) is 0 Å². The van der Waals surface area contributed by atoms with Crippen molar-refractivity contribution in [2.24, 2.45) is 5.92 Å². The summed E-state index contributed by atoms with van der Waals surface area (Å²) in [6.45, 7) is 3.29. The Morgan fingerprint density at radius 2 is 1.71 bits per heavy atom. The number of Topliss-reactive ketones (excluding diaryl/α,β-unsaturated/α-hetero) is 1. The highest BCUT2D eigenvalue weighted by molar-refractivity contribution is 5.97. The Hall–Kier alpha value is -3.02. The van der Waals surface area contributed by atoms with Crippen LogP contribution in [-0.4, -0.2) is 35.7 Å². The van der Waals surface area contributed by atoms with E-state index in [4.69, 9.17) is 9.47 Å². The molecule has 2 aromatic carbocycles. The molecule has 0 aliphatic heterocycles. The fraction of sp³-hybridized carbons (Fsp3) is 0.364. The van der Waals surface area contributed by atoms with Gasteiger partial charge in [0.25, 0.3) is 0 Å². The monoisotopic (exact) mass is 386 g/mol. The van der Waals surface area contributed by atoms with E-state index >= 15 is 0 Å². The summed E-state index contributed by atoms with van der Waals surface area (Å²) in [6, 6.07) is 11.8. The number of hydrogen-bond acceptors (Lipinski definition) is 6. The lowest BCUT2D eigenvalue weighted by atomic mass is 9.84. The summed E-state index contributed by atoms with van der Waals surface area (Å²) in [5.41, 5.74) is 1.50. The Kier molecular flexibility index (Phi) is 7.44. The Bertz CT molecular complexity index is 812. The van der Waals surface area contributed by atoms with Crippen molar-refractivity contribution >= 4 is 11.8 Å². The zero-order chi connectivity index (χ0) is 20.7. The van der Waals surface area contributed by atoms with Gasteiger partial charge in [-0.25, -0.2) is 0 Å². The van der Waals surface area contributed by atoms with Crippen molar-refractivity contribution in [1.82, 2.24) is 0 Å². The van der Waals surface area contributed by atoms with E-state index in [1.807, 2.05) is 24.3 Å². The van der Waals surface area contributed by atoms with Crippen LogP contribution in [0.2, 0.25) is 0 Å². The maximum absolute atomic E-state index is 12.1.